The second kappa shape index (κ2) is 10.3. The smallest absolute Gasteiger partial charge is 0.308 e. The van der Waals surface area contributed by atoms with Gasteiger partial charge in [-0.1, -0.05) is 52.9 Å². The predicted molar refractivity (Wildman–Crippen MR) is 144 cm³/mol. The SMILES string of the molecule is CC(=O)Oc1cc2cc(C#Cc3ccc(Cl)cc3C)c(C)cc2cc1C#Cc1ccc(Cl)cc1C. The number of hydrogen-bond acceptors (Lipinski definition) is 2. The van der Waals surface area contributed by atoms with Gasteiger partial charge in [0.1, 0.15) is 5.75 Å². The van der Waals surface area contributed by atoms with E-state index in [1.807, 2.05) is 75.4 Å². The van der Waals surface area contributed by atoms with E-state index in [-0.39, 0.29) is 0 Å². The maximum Gasteiger partial charge on any atom is 0.308 e. The number of halogens is 2. The zero-order valence-electron chi connectivity index (χ0n) is 19.8. The molecule has 0 spiro atoms. The summed E-state index contributed by atoms with van der Waals surface area (Å²) < 4.78 is 5.51. The molecule has 4 aromatic carbocycles. The van der Waals surface area contributed by atoms with Crippen LogP contribution < -0.4 is 4.74 Å². The lowest BCUT2D eigenvalue weighted by atomic mass is 9.99. The van der Waals surface area contributed by atoms with E-state index < -0.39 is 5.97 Å². The molecule has 4 heteroatoms. The Hall–Kier alpha value is -3.69. The average Bonchev–Trinajstić information content (AvgIpc) is 2.78. The fourth-order valence-corrected chi connectivity index (χ4v) is 4.17. The van der Waals surface area contributed by atoms with Crippen molar-refractivity contribution in [1.29, 1.82) is 0 Å². The fourth-order valence-electron chi connectivity index (χ4n) is 3.72. The lowest BCUT2D eigenvalue weighted by Crippen LogP contribution is -2.03. The molecule has 0 aliphatic rings. The Kier molecular flexibility index (Phi) is 7.18. The maximum atomic E-state index is 11.8. The van der Waals surface area contributed by atoms with Gasteiger partial charge in [-0.25, -0.2) is 0 Å². The molecule has 0 bridgehead atoms. The first-order chi connectivity index (χ1) is 16.7. The number of carbonyl (C=O) groups is 1. The second-order valence-corrected chi connectivity index (χ2v) is 9.25. The van der Waals surface area contributed by atoms with E-state index in [1.165, 1.54) is 6.92 Å². The van der Waals surface area contributed by atoms with Crippen LogP contribution in [0.3, 0.4) is 0 Å². The molecule has 0 fully saturated rings. The number of hydrogen-bond donors (Lipinski definition) is 0. The molecular formula is C31H22Cl2O2. The first-order valence-electron chi connectivity index (χ1n) is 11.0. The third kappa shape index (κ3) is 5.87. The third-order valence-electron chi connectivity index (χ3n) is 5.58. The number of aryl methyl sites for hydroxylation is 3. The van der Waals surface area contributed by atoms with Crippen LogP contribution in [0.15, 0.2) is 60.7 Å². The summed E-state index contributed by atoms with van der Waals surface area (Å²) in [5.41, 5.74) is 6.38. The second-order valence-electron chi connectivity index (χ2n) is 8.37. The monoisotopic (exact) mass is 496 g/mol. The first-order valence-corrected chi connectivity index (χ1v) is 11.8. The zero-order valence-corrected chi connectivity index (χ0v) is 21.4. The summed E-state index contributed by atoms with van der Waals surface area (Å²) in [7, 11) is 0. The van der Waals surface area contributed by atoms with Gasteiger partial charge >= 0.3 is 5.97 Å². The summed E-state index contributed by atoms with van der Waals surface area (Å²) in [5, 5.41) is 3.26. The molecule has 0 saturated carbocycles. The number of esters is 1. The van der Waals surface area contributed by atoms with Crippen LogP contribution in [-0.2, 0) is 4.79 Å². The molecule has 0 aliphatic carbocycles. The Labute approximate surface area is 215 Å². The highest BCUT2D eigenvalue weighted by molar-refractivity contribution is 6.31. The molecule has 0 amide bonds. The minimum atomic E-state index is -0.402. The standard InChI is InChI=1S/C31H22Cl2O2/c1-19-13-27-17-26(8-6-24-10-12-30(33)15-21(24)3)31(35-22(4)34)18-28(27)16-25(19)7-5-23-9-11-29(32)14-20(23)2/h9-18H,1-4H3. The Balaban J connectivity index is 1.79. The van der Waals surface area contributed by atoms with Gasteiger partial charge in [-0.2, -0.15) is 0 Å². The molecule has 4 aromatic rings. The van der Waals surface area contributed by atoms with Gasteiger partial charge in [0.15, 0.2) is 0 Å². The van der Waals surface area contributed by atoms with Crippen molar-refractivity contribution in [2.75, 3.05) is 0 Å². The molecule has 0 aromatic heterocycles. The first kappa shape index (κ1) is 24.4. The number of benzene rings is 4. The zero-order chi connectivity index (χ0) is 25.1. The van der Waals surface area contributed by atoms with Gasteiger partial charge in [-0.3, -0.25) is 4.79 Å². The van der Waals surface area contributed by atoms with Gasteiger partial charge in [0, 0.05) is 33.7 Å². The van der Waals surface area contributed by atoms with Crippen molar-refractivity contribution in [1.82, 2.24) is 0 Å². The third-order valence-corrected chi connectivity index (χ3v) is 6.05. The molecule has 0 aliphatic heterocycles. The van der Waals surface area contributed by atoms with Crippen molar-refractivity contribution in [3.63, 3.8) is 0 Å². The largest absolute Gasteiger partial charge is 0.425 e. The number of fused-ring (bicyclic) bond motifs is 1. The summed E-state index contributed by atoms with van der Waals surface area (Å²) in [6.07, 6.45) is 0. The van der Waals surface area contributed by atoms with E-state index in [4.69, 9.17) is 27.9 Å². The summed E-state index contributed by atoms with van der Waals surface area (Å²) in [6.45, 7) is 7.36. The van der Waals surface area contributed by atoms with Gasteiger partial charge in [-0.05, 0) is 103 Å². The molecule has 4 rings (SSSR count). The van der Waals surface area contributed by atoms with Crippen molar-refractivity contribution >= 4 is 39.9 Å². The van der Waals surface area contributed by atoms with Crippen molar-refractivity contribution in [2.24, 2.45) is 0 Å². The summed E-state index contributed by atoms with van der Waals surface area (Å²) in [4.78, 5) is 11.8. The molecule has 2 nitrogen and oxygen atoms in total. The fraction of sp³-hybridized carbons (Fsp3) is 0.129. The Morgan fingerprint density at radius 2 is 1.09 bits per heavy atom. The Morgan fingerprint density at radius 3 is 1.63 bits per heavy atom. The molecule has 0 unspecified atom stereocenters. The van der Waals surface area contributed by atoms with E-state index in [0.29, 0.717) is 21.4 Å². The molecule has 0 N–H and O–H groups in total. The molecule has 0 heterocycles. The normalized spacial score (nSPS) is 10.2. The number of rotatable bonds is 1. The number of carbonyl (C=O) groups excluding carboxylic acids is 1. The minimum Gasteiger partial charge on any atom is -0.425 e. The quantitative estimate of drug-likeness (QED) is 0.152. The van der Waals surface area contributed by atoms with E-state index in [1.54, 1.807) is 0 Å². The molecule has 0 radical (unpaired) electrons. The van der Waals surface area contributed by atoms with Gasteiger partial charge < -0.3 is 4.74 Å². The highest BCUT2D eigenvalue weighted by Crippen LogP contribution is 2.28. The van der Waals surface area contributed by atoms with Crippen molar-refractivity contribution in [3.05, 3.63) is 110 Å². The van der Waals surface area contributed by atoms with Crippen LogP contribution >= 0.6 is 23.2 Å². The summed E-state index contributed by atoms with van der Waals surface area (Å²) >= 11 is 12.1. The van der Waals surface area contributed by atoms with Gasteiger partial charge in [0.2, 0.25) is 0 Å². The van der Waals surface area contributed by atoms with E-state index in [9.17, 15) is 4.79 Å². The van der Waals surface area contributed by atoms with Crippen LogP contribution in [0.4, 0.5) is 0 Å². The number of ether oxygens (including phenoxy) is 1. The molecule has 0 atom stereocenters. The van der Waals surface area contributed by atoms with Crippen LogP contribution in [0.25, 0.3) is 10.8 Å². The lowest BCUT2D eigenvalue weighted by Gasteiger charge is -2.09. The van der Waals surface area contributed by atoms with Crippen LogP contribution in [0.2, 0.25) is 10.0 Å². The topological polar surface area (TPSA) is 26.3 Å². The van der Waals surface area contributed by atoms with E-state index in [0.717, 1.165) is 44.2 Å². The van der Waals surface area contributed by atoms with Crippen molar-refractivity contribution < 1.29 is 9.53 Å². The molecule has 172 valence electrons. The molecular weight excluding hydrogens is 475 g/mol. The van der Waals surface area contributed by atoms with Crippen LogP contribution in [0, 0.1) is 44.5 Å². The minimum absolute atomic E-state index is 0.402. The van der Waals surface area contributed by atoms with Crippen molar-refractivity contribution in [2.45, 2.75) is 27.7 Å². The highest BCUT2D eigenvalue weighted by atomic mass is 35.5. The van der Waals surface area contributed by atoms with Gasteiger partial charge in [0.05, 0.1) is 5.56 Å². The maximum absolute atomic E-state index is 11.8. The van der Waals surface area contributed by atoms with E-state index >= 15 is 0 Å². The molecule has 0 saturated heterocycles. The van der Waals surface area contributed by atoms with Crippen LogP contribution in [0.5, 0.6) is 5.75 Å². The molecule has 35 heavy (non-hydrogen) atoms. The van der Waals surface area contributed by atoms with Crippen LogP contribution in [-0.4, -0.2) is 5.97 Å². The average molecular weight is 497 g/mol. The van der Waals surface area contributed by atoms with Crippen molar-refractivity contribution in [3.8, 4) is 29.4 Å². The Bertz CT molecular complexity index is 1610. The Morgan fingerprint density at radius 1 is 0.629 bits per heavy atom. The summed E-state index contributed by atoms with van der Waals surface area (Å²) in [5.74, 6) is 12.9. The van der Waals surface area contributed by atoms with Gasteiger partial charge in [-0.15, -0.1) is 0 Å². The lowest BCUT2D eigenvalue weighted by molar-refractivity contribution is -0.131. The highest BCUT2D eigenvalue weighted by Gasteiger charge is 2.10. The summed E-state index contributed by atoms with van der Waals surface area (Å²) in [6, 6.07) is 19.1. The van der Waals surface area contributed by atoms with Gasteiger partial charge in [0.25, 0.3) is 0 Å². The predicted octanol–water partition coefficient (Wildman–Crippen LogP) is 7.80. The van der Waals surface area contributed by atoms with E-state index in [2.05, 4.69) is 29.7 Å². The van der Waals surface area contributed by atoms with Crippen LogP contribution in [0.1, 0.15) is 45.9 Å².